The Kier molecular flexibility index (Phi) is 4.06. The van der Waals surface area contributed by atoms with Crippen LogP contribution in [0.4, 0.5) is 4.79 Å². The predicted molar refractivity (Wildman–Crippen MR) is 64.4 cm³/mol. The zero-order valence-corrected chi connectivity index (χ0v) is 10.7. The van der Waals surface area contributed by atoms with E-state index >= 15 is 0 Å². The Morgan fingerprint density at radius 2 is 2.11 bits per heavy atom. The second-order valence-corrected chi connectivity index (χ2v) is 4.98. The summed E-state index contributed by atoms with van der Waals surface area (Å²) in [6.45, 7) is 1.07. The Morgan fingerprint density at radius 3 is 2.67 bits per heavy atom. The van der Waals surface area contributed by atoms with Gasteiger partial charge in [-0.2, -0.15) is 0 Å². The number of carboxylic acid groups (broad SMARTS) is 1. The number of carboxylic acids is 1. The number of hydrogen-bond donors (Lipinski definition) is 1. The first-order chi connectivity index (χ1) is 8.61. The van der Waals surface area contributed by atoms with Crippen LogP contribution in [0.2, 0.25) is 0 Å². The van der Waals surface area contributed by atoms with Gasteiger partial charge in [-0.1, -0.05) is 0 Å². The van der Waals surface area contributed by atoms with Crippen LogP contribution in [0.25, 0.3) is 0 Å². The molecule has 6 heteroatoms. The first-order valence-electron chi connectivity index (χ1n) is 6.42. The van der Waals surface area contributed by atoms with E-state index in [4.69, 9.17) is 9.84 Å². The van der Waals surface area contributed by atoms with Gasteiger partial charge in [0, 0.05) is 26.2 Å². The standard InChI is InChI=1S/C12H20N2O4/c1-18-10-3-2-6-13(7-10)12(17)14(8-11(15)16)9-4-5-9/h9-10H,2-8H2,1H3,(H,15,16). The van der Waals surface area contributed by atoms with Crippen molar-refractivity contribution in [3.8, 4) is 0 Å². The molecule has 1 aliphatic heterocycles. The van der Waals surface area contributed by atoms with Crippen molar-refractivity contribution in [2.45, 2.75) is 37.8 Å². The number of piperidine rings is 1. The van der Waals surface area contributed by atoms with Crippen LogP contribution in [0, 0.1) is 0 Å². The van der Waals surface area contributed by atoms with Crippen molar-refractivity contribution >= 4 is 12.0 Å². The van der Waals surface area contributed by atoms with Gasteiger partial charge in [0.1, 0.15) is 6.54 Å². The summed E-state index contributed by atoms with van der Waals surface area (Å²) in [5.41, 5.74) is 0. The smallest absolute Gasteiger partial charge is 0.323 e. The highest BCUT2D eigenvalue weighted by Crippen LogP contribution is 2.28. The lowest BCUT2D eigenvalue weighted by Crippen LogP contribution is -2.51. The second kappa shape index (κ2) is 5.56. The van der Waals surface area contributed by atoms with Crippen LogP contribution in [0.1, 0.15) is 25.7 Å². The fourth-order valence-corrected chi connectivity index (χ4v) is 2.37. The van der Waals surface area contributed by atoms with E-state index in [9.17, 15) is 9.59 Å². The average Bonchev–Trinajstić information content (AvgIpc) is 3.19. The number of hydrogen-bond acceptors (Lipinski definition) is 3. The maximum Gasteiger partial charge on any atom is 0.323 e. The number of rotatable bonds is 4. The van der Waals surface area contributed by atoms with Crippen molar-refractivity contribution in [3.05, 3.63) is 0 Å². The number of nitrogens with zero attached hydrogens (tertiary/aromatic N) is 2. The highest BCUT2D eigenvalue weighted by atomic mass is 16.5. The molecule has 1 N–H and O–H groups in total. The zero-order chi connectivity index (χ0) is 13.1. The van der Waals surface area contributed by atoms with E-state index in [1.165, 1.54) is 4.90 Å². The largest absolute Gasteiger partial charge is 0.480 e. The van der Waals surface area contributed by atoms with Crippen LogP contribution in [0.3, 0.4) is 0 Å². The van der Waals surface area contributed by atoms with Crippen LogP contribution in [-0.2, 0) is 9.53 Å². The normalized spacial score (nSPS) is 23.8. The maximum atomic E-state index is 12.3. The topological polar surface area (TPSA) is 70.1 Å². The number of carbonyl (C=O) groups is 2. The maximum absolute atomic E-state index is 12.3. The Bertz CT molecular complexity index is 330. The molecule has 2 fully saturated rings. The quantitative estimate of drug-likeness (QED) is 0.806. The molecule has 2 rings (SSSR count). The predicted octanol–water partition coefficient (Wildman–Crippen LogP) is 0.766. The molecular weight excluding hydrogens is 236 g/mol. The van der Waals surface area contributed by atoms with Crippen LogP contribution in [0.5, 0.6) is 0 Å². The molecule has 102 valence electrons. The molecule has 18 heavy (non-hydrogen) atoms. The van der Waals surface area contributed by atoms with Crippen molar-refractivity contribution in [1.82, 2.24) is 9.80 Å². The van der Waals surface area contributed by atoms with E-state index < -0.39 is 5.97 Å². The summed E-state index contributed by atoms with van der Waals surface area (Å²) in [6, 6.07) is -0.0295. The van der Waals surface area contributed by atoms with Gasteiger partial charge in [-0.25, -0.2) is 4.79 Å². The molecule has 0 bridgehead atoms. The first kappa shape index (κ1) is 13.1. The molecular formula is C12H20N2O4. The minimum Gasteiger partial charge on any atom is -0.480 e. The van der Waals surface area contributed by atoms with Crippen molar-refractivity contribution in [1.29, 1.82) is 0 Å². The molecule has 2 amide bonds. The number of carbonyl (C=O) groups excluding carboxylic acids is 1. The second-order valence-electron chi connectivity index (χ2n) is 4.98. The fraction of sp³-hybridized carbons (Fsp3) is 0.833. The Morgan fingerprint density at radius 1 is 1.39 bits per heavy atom. The molecule has 1 aliphatic carbocycles. The van der Waals surface area contributed by atoms with E-state index in [1.54, 1.807) is 12.0 Å². The molecule has 0 aromatic rings. The minimum atomic E-state index is -0.949. The van der Waals surface area contributed by atoms with Crippen LogP contribution in [0.15, 0.2) is 0 Å². The average molecular weight is 256 g/mol. The molecule has 1 saturated heterocycles. The molecule has 1 atom stereocenters. The van der Waals surface area contributed by atoms with E-state index in [0.29, 0.717) is 13.1 Å². The Hall–Kier alpha value is -1.30. The third kappa shape index (κ3) is 3.13. The molecule has 2 aliphatic rings. The summed E-state index contributed by atoms with van der Waals surface area (Å²) in [5, 5.41) is 8.87. The molecule has 1 unspecified atom stereocenters. The fourth-order valence-electron chi connectivity index (χ4n) is 2.37. The van der Waals surface area contributed by atoms with Crippen molar-refractivity contribution in [3.63, 3.8) is 0 Å². The zero-order valence-electron chi connectivity index (χ0n) is 10.7. The van der Waals surface area contributed by atoms with Crippen LogP contribution < -0.4 is 0 Å². The van der Waals surface area contributed by atoms with Crippen molar-refractivity contribution < 1.29 is 19.4 Å². The molecule has 1 heterocycles. The summed E-state index contributed by atoms with van der Waals surface area (Å²) >= 11 is 0. The number of aliphatic carboxylic acids is 1. The van der Waals surface area contributed by atoms with E-state index in [1.807, 2.05) is 0 Å². The lowest BCUT2D eigenvalue weighted by atomic mass is 10.1. The molecule has 1 saturated carbocycles. The summed E-state index contributed by atoms with van der Waals surface area (Å²) in [4.78, 5) is 26.3. The van der Waals surface area contributed by atoms with Crippen LogP contribution in [-0.4, -0.2) is 65.8 Å². The van der Waals surface area contributed by atoms with Crippen molar-refractivity contribution in [2.24, 2.45) is 0 Å². The summed E-state index contributed by atoms with van der Waals surface area (Å²) in [7, 11) is 1.65. The number of amides is 2. The first-order valence-corrected chi connectivity index (χ1v) is 6.42. The SMILES string of the molecule is COC1CCCN(C(=O)N(CC(=O)O)C2CC2)C1. The van der Waals surface area contributed by atoms with Gasteiger partial charge in [0.15, 0.2) is 0 Å². The van der Waals surface area contributed by atoms with Gasteiger partial charge in [-0.3, -0.25) is 4.79 Å². The molecule has 0 radical (unpaired) electrons. The third-order valence-corrected chi connectivity index (χ3v) is 3.52. The number of methoxy groups -OCH3 is 1. The highest BCUT2D eigenvalue weighted by molar-refractivity contribution is 5.81. The monoisotopic (exact) mass is 256 g/mol. The Labute approximate surface area is 106 Å². The van der Waals surface area contributed by atoms with Gasteiger partial charge >= 0.3 is 12.0 Å². The van der Waals surface area contributed by atoms with E-state index in [2.05, 4.69) is 0 Å². The van der Waals surface area contributed by atoms with Crippen molar-refractivity contribution in [2.75, 3.05) is 26.7 Å². The van der Waals surface area contributed by atoms with Gasteiger partial charge in [-0.15, -0.1) is 0 Å². The summed E-state index contributed by atoms with van der Waals surface area (Å²) in [6.07, 6.45) is 3.79. The molecule has 6 nitrogen and oxygen atoms in total. The van der Waals surface area contributed by atoms with Gasteiger partial charge in [0.2, 0.25) is 0 Å². The lowest BCUT2D eigenvalue weighted by Gasteiger charge is -2.35. The number of likely N-dealkylation sites (tertiary alicyclic amines) is 1. The van der Waals surface area contributed by atoms with Gasteiger partial charge in [-0.05, 0) is 25.7 Å². The number of ether oxygens (including phenoxy) is 1. The van der Waals surface area contributed by atoms with E-state index in [-0.39, 0.29) is 24.7 Å². The highest BCUT2D eigenvalue weighted by Gasteiger charge is 2.37. The van der Waals surface area contributed by atoms with Gasteiger partial charge in [0.25, 0.3) is 0 Å². The third-order valence-electron chi connectivity index (χ3n) is 3.52. The summed E-state index contributed by atoms with van der Waals surface area (Å²) in [5.74, 6) is -0.949. The summed E-state index contributed by atoms with van der Waals surface area (Å²) < 4.78 is 5.28. The van der Waals surface area contributed by atoms with E-state index in [0.717, 1.165) is 25.7 Å². The van der Waals surface area contributed by atoms with Crippen LogP contribution >= 0.6 is 0 Å². The minimum absolute atomic E-state index is 0.0774. The Balaban J connectivity index is 1.96. The molecule has 0 spiro atoms. The number of urea groups is 1. The lowest BCUT2D eigenvalue weighted by molar-refractivity contribution is -0.137. The molecule has 0 aromatic carbocycles. The van der Waals surface area contributed by atoms with Gasteiger partial charge < -0.3 is 19.6 Å². The molecule has 0 aromatic heterocycles. The van der Waals surface area contributed by atoms with Gasteiger partial charge in [0.05, 0.1) is 6.10 Å².